The van der Waals surface area contributed by atoms with Crippen LogP contribution in [-0.2, 0) is 23.0 Å². The van der Waals surface area contributed by atoms with E-state index in [1.807, 2.05) is 43.3 Å². The third-order valence-corrected chi connectivity index (χ3v) is 5.98. The lowest BCUT2D eigenvalue weighted by atomic mass is 9.92. The van der Waals surface area contributed by atoms with Crippen LogP contribution in [-0.4, -0.2) is 36.2 Å². The summed E-state index contributed by atoms with van der Waals surface area (Å²) in [5.74, 6) is -0.783. The summed E-state index contributed by atoms with van der Waals surface area (Å²) < 4.78 is 12.4. The van der Waals surface area contributed by atoms with Crippen molar-refractivity contribution in [3.63, 3.8) is 0 Å². The SMILES string of the molecule is Cc1cc(-c2ccc(C[C@@H](C#N)CC(=O)[C@@H]3CNCCCO3)cc2)cc2c1oc(=O)n2C. The maximum atomic E-state index is 12.6. The van der Waals surface area contributed by atoms with Gasteiger partial charge in [-0.2, -0.15) is 5.26 Å². The third-order valence-electron chi connectivity index (χ3n) is 5.98. The normalized spacial score (nSPS) is 17.6. The van der Waals surface area contributed by atoms with E-state index in [0.717, 1.165) is 40.7 Å². The third kappa shape index (κ3) is 4.67. The van der Waals surface area contributed by atoms with Crippen molar-refractivity contribution >= 4 is 16.9 Å². The van der Waals surface area contributed by atoms with Crippen LogP contribution in [0.4, 0.5) is 0 Å². The summed E-state index contributed by atoms with van der Waals surface area (Å²) in [6, 6.07) is 14.2. The summed E-state index contributed by atoms with van der Waals surface area (Å²) in [6.07, 6.45) is 1.13. The second-order valence-corrected chi connectivity index (χ2v) is 8.38. The average molecular weight is 434 g/mol. The number of rotatable bonds is 6. The number of carbonyl (C=O) groups excluding carboxylic acids is 1. The molecular formula is C25H27N3O4. The molecule has 3 aromatic rings. The summed E-state index contributed by atoms with van der Waals surface area (Å²) in [6.45, 7) is 3.85. The second kappa shape index (κ2) is 9.51. The zero-order chi connectivity index (χ0) is 22.7. The molecule has 32 heavy (non-hydrogen) atoms. The van der Waals surface area contributed by atoms with Gasteiger partial charge in [0.1, 0.15) is 6.10 Å². The van der Waals surface area contributed by atoms with Crippen molar-refractivity contribution in [1.29, 1.82) is 5.26 Å². The van der Waals surface area contributed by atoms with E-state index in [2.05, 4.69) is 11.4 Å². The number of carbonyl (C=O) groups is 1. The average Bonchev–Trinajstić information content (AvgIpc) is 2.98. The van der Waals surface area contributed by atoms with Crippen LogP contribution in [0, 0.1) is 24.2 Å². The summed E-state index contributed by atoms with van der Waals surface area (Å²) in [7, 11) is 1.69. The minimum absolute atomic E-state index is 0.0166. The van der Waals surface area contributed by atoms with Crippen LogP contribution in [0.5, 0.6) is 0 Å². The largest absolute Gasteiger partial charge is 0.419 e. The van der Waals surface area contributed by atoms with E-state index < -0.39 is 6.10 Å². The first kappa shape index (κ1) is 22.0. The molecule has 2 atom stereocenters. The molecule has 0 radical (unpaired) electrons. The first-order valence-electron chi connectivity index (χ1n) is 10.9. The Hall–Kier alpha value is -3.21. The van der Waals surface area contributed by atoms with Crippen molar-refractivity contribution in [3.05, 3.63) is 58.1 Å². The van der Waals surface area contributed by atoms with Gasteiger partial charge in [-0.1, -0.05) is 24.3 Å². The number of nitriles is 1. The molecule has 7 nitrogen and oxygen atoms in total. The van der Waals surface area contributed by atoms with Crippen molar-refractivity contribution in [1.82, 2.24) is 9.88 Å². The number of ether oxygens (including phenoxy) is 1. The van der Waals surface area contributed by atoms with Crippen LogP contribution >= 0.6 is 0 Å². The topological polar surface area (TPSA) is 97.3 Å². The molecule has 0 amide bonds. The molecule has 1 aliphatic rings. The first-order valence-corrected chi connectivity index (χ1v) is 10.9. The molecule has 1 N–H and O–H groups in total. The Labute approximate surface area is 186 Å². The number of fused-ring (bicyclic) bond motifs is 1. The minimum atomic E-state index is -0.465. The highest BCUT2D eigenvalue weighted by atomic mass is 16.5. The lowest BCUT2D eigenvalue weighted by Gasteiger charge is -2.16. The molecule has 1 fully saturated rings. The molecule has 7 heteroatoms. The van der Waals surface area contributed by atoms with Gasteiger partial charge in [0.25, 0.3) is 0 Å². The highest BCUT2D eigenvalue weighted by Gasteiger charge is 2.24. The number of nitrogens with one attached hydrogen (secondary N) is 1. The summed E-state index contributed by atoms with van der Waals surface area (Å²) in [5.41, 5.74) is 5.26. The summed E-state index contributed by atoms with van der Waals surface area (Å²) in [5, 5.41) is 12.8. The molecule has 2 heterocycles. The van der Waals surface area contributed by atoms with Gasteiger partial charge >= 0.3 is 5.76 Å². The molecule has 4 rings (SSSR count). The number of aryl methyl sites for hydroxylation is 2. The minimum Gasteiger partial charge on any atom is -0.407 e. The van der Waals surface area contributed by atoms with Gasteiger partial charge in [-0.3, -0.25) is 9.36 Å². The fourth-order valence-corrected chi connectivity index (χ4v) is 4.14. The lowest BCUT2D eigenvalue weighted by molar-refractivity contribution is -0.130. The van der Waals surface area contributed by atoms with Crippen molar-refractivity contribution < 1.29 is 13.9 Å². The van der Waals surface area contributed by atoms with Crippen molar-refractivity contribution in [3.8, 4) is 17.2 Å². The summed E-state index contributed by atoms with van der Waals surface area (Å²) >= 11 is 0. The van der Waals surface area contributed by atoms with E-state index in [4.69, 9.17) is 9.15 Å². The van der Waals surface area contributed by atoms with Gasteiger partial charge < -0.3 is 14.5 Å². The van der Waals surface area contributed by atoms with Crippen LogP contribution in [0.15, 0.2) is 45.6 Å². The zero-order valence-corrected chi connectivity index (χ0v) is 18.4. The Morgan fingerprint density at radius 1 is 1.28 bits per heavy atom. The van der Waals surface area contributed by atoms with Crippen molar-refractivity contribution in [2.24, 2.45) is 13.0 Å². The Morgan fingerprint density at radius 2 is 2.06 bits per heavy atom. The zero-order valence-electron chi connectivity index (χ0n) is 18.4. The van der Waals surface area contributed by atoms with Crippen molar-refractivity contribution in [2.75, 3.05) is 19.7 Å². The van der Waals surface area contributed by atoms with Gasteiger partial charge in [0.15, 0.2) is 11.4 Å². The highest BCUT2D eigenvalue weighted by molar-refractivity contribution is 5.84. The van der Waals surface area contributed by atoms with Crippen LogP contribution in [0.2, 0.25) is 0 Å². The Kier molecular flexibility index (Phi) is 6.54. The second-order valence-electron chi connectivity index (χ2n) is 8.38. The van der Waals surface area contributed by atoms with E-state index >= 15 is 0 Å². The van der Waals surface area contributed by atoms with Gasteiger partial charge in [-0.05, 0) is 60.7 Å². The van der Waals surface area contributed by atoms with Gasteiger partial charge in [0.05, 0.1) is 17.5 Å². The molecular weight excluding hydrogens is 406 g/mol. The van der Waals surface area contributed by atoms with Crippen LogP contribution < -0.4 is 11.1 Å². The maximum absolute atomic E-state index is 12.6. The van der Waals surface area contributed by atoms with Gasteiger partial charge in [-0.15, -0.1) is 0 Å². The number of ketones is 1. The maximum Gasteiger partial charge on any atom is 0.419 e. The molecule has 1 aromatic heterocycles. The molecule has 0 bridgehead atoms. The quantitative estimate of drug-likeness (QED) is 0.642. The number of hydrogen-bond donors (Lipinski definition) is 1. The molecule has 0 unspecified atom stereocenters. The Bertz CT molecular complexity index is 1210. The number of Topliss-reactive ketones (excluding diaryl/α,β-unsaturated/α-hetero) is 1. The monoisotopic (exact) mass is 433 g/mol. The fraction of sp³-hybridized carbons (Fsp3) is 0.400. The number of aromatic nitrogens is 1. The van der Waals surface area contributed by atoms with E-state index in [1.165, 1.54) is 4.57 Å². The molecule has 166 valence electrons. The number of benzene rings is 2. The van der Waals surface area contributed by atoms with Gasteiger partial charge in [0.2, 0.25) is 0 Å². The summed E-state index contributed by atoms with van der Waals surface area (Å²) in [4.78, 5) is 24.4. The lowest BCUT2D eigenvalue weighted by Crippen LogP contribution is -2.34. The van der Waals surface area contributed by atoms with E-state index in [-0.39, 0.29) is 23.9 Å². The molecule has 2 aromatic carbocycles. The number of oxazole rings is 1. The van der Waals surface area contributed by atoms with E-state index in [0.29, 0.717) is 25.2 Å². The van der Waals surface area contributed by atoms with Crippen LogP contribution in [0.25, 0.3) is 22.2 Å². The molecule has 1 saturated heterocycles. The Morgan fingerprint density at radius 3 is 2.81 bits per heavy atom. The molecule has 0 spiro atoms. The number of hydrogen-bond acceptors (Lipinski definition) is 6. The van der Waals surface area contributed by atoms with Gasteiger partial charge in [0, 0.05) is 26.6 Å². The molecule has 1 aliphatic heterocycles. The highest BCUT2D eigenvalue weighted by Crippen LogP contribution is 2.27. The predicted octanol–water partition coefficient (Wildman–Crippen LogP) is 3.13. The van der Waals surface area contributed by atoms with Crippen LogP contribution in [0.3, 0.4) is 0 Å². The smallest absolute Gasteiger partial charge is 0.407 e. The molecule has 0 saturated carbocycles. The molecule has 0 aliphatic carbocycles. The first-order chi connectivity index (χ1) is 15.5. The number of nitrogens with zero attached hydrogens (tertiary/aromatic N) is 2. The van der Waals surface area contributed by atoms with Gasteiger partial charge in [-0.25, -0.2) is 4.79 Å². The van der Waals surface area contributed by atoms with E-state index in [9.17, 15) is 14.9 Å². The predicted molar refractivity (Wildman–Crippen MR) is 121 cm³/mol. The fourth-order valence-electron chi connectivity index (χ4n) is 4.14. The Balaban J connectivity index is 1.47. The van der Waals surface area contributed by atoms with Crippen molar-refractivity contribution in [2.45, 2.75) is 32.3 Å². The van der Waals surface area contributed by atoms with E-state index in [1.54, 1.807) is 7.05 Å². The van der Waals surface area contributed by atoms with Crippen LogP contribution in [0.1, 0.15) is 24.0 Å². The standard InChI is InChI=1S/C25H27N3O4/c1-16-10-20(13-21-24(16)32-25(30)28(21)2)19-6-4-17(5-7-19)11-18(14-26)12-22(29)23-15-27-8-3-9-31-23/h4-7,10,13,18,23,27H,3,8-9,11-12,15H2,1-2H3/t18-,23+/m1/s1.